The molecule has 1 aliphatic heterocycles. The fourth-order valence-corrected chi connectivity index (χ4v) is 4.07. The van der Waals surface area contributed by atoms with Gasteiger partial charge in [-0.3, -0.25) is 9.79 Å². The maximum atomic E-state index is 12.4. The molecule has 2 aromatic carbocycles. The van der Waals surface area contributed by atoms with Gasteiger partial charge in [-0.05, 0) is 36.3 Å². The number of nitrogens with one attached hydrogen (secondary N) is 1. The summed E-state index contributed by atoms with van der Waals surface area (Å²) in [5.74, 6) is 1.34. The highest BCUT2D eigenvalue weighted by Gasteiger charge is 2.16. The molecule has 3 aromatic rings. The molecule has 1 N–H and O–H groups in total. The molecule has 29 heavy (non-hydrogen) atoms. The second-order valence-electron chi connectivity index (χ2n) is 6.56. The number of amidine groups is 1. The van der Waals surface area contributed by atoms with E-state index in [9.17, 15) is 4.79 Å². The van der Waals surface area contributed by atoms with Crippen LogP contribution in [0.2, 0.25) is 5.02 Å². The lowest BCUT2D eigenvalue weighted by molar-refractivity contribution is -0.115. The van der Waals surface area contributed by atoms with Crippen molar-refractivity contribution in [2.75, 3.05) is 19.4 Å². The number of halogens is 1. The van der Waals surface area contributed by atoms with Crippen LogP contribution in [0.1, 0.15) is 12.5 Å². The lowest BCUT2D eigenvalue weighted by Crippen LogP contribution is -2.25. The fraction of sp³-hybridized carbons (Fsp3) is 0.182. The summed E-state index contributed by atoms with van der Waals surface area (Å²) >= 11 is 7.56. The number of carbonyl (C=O) groups is 1. The maximum absolute atomic E-state index is 12.4. The number of benzene rings is 2. The Balaban J connectivity index is 1.72. The second kappa shape index (κ2) is 8.35. The molecule has 0 atom stereocenters. The third-order valence-electron chi connectivity index (χ3n) is 4.64. The first-order valence-corrected chi connectivity index (χ1v) is 10.4. The second-order valence-corrected chi connectivity index (χ2v) is 8.08. The number of carbonyl (C=O) groups excluding carboxylic acids is 1. The Morgan fingerprint density at radius 2 is 2.10 bits per heavy atom. The summed E-state index contributed by atoms with van der Waals surface area (Å²) in [5, 5.41) is 5.10. The van der Waals surface area contributed by atoms with Gasteiger partial charge in [0.1, 0.15) is 11.3 Å². The molecule has 4 rings (SSSR count). The summed E-state index contributed by atoms with van der Waals surface area (Å²) in [5.41, 5.74) is 4.28. The van der Waals surface area contributed by atoms with Crippen LogP contribution >= 0.6 is 23.4 Å². The highest BCUT2D eigenvalue weighted by Crippen LogP contribution is 2.37. The molecule has 0 fully saturated rings. The van der Waals surface area contributed by atoms with Gasteiger partial charge in [-0.2, -0.15) is 0 Å². The summed E-state index contributed by atoms with van der Waals surface area (Å²) in [6, 6.07) is 11.4. The Hall–Kier alpha value is -2.70. The summed E-state index contributed by atoms with van der Waals surface area (Å²) in [4.78, 5) is 16.6. The summed E-state index contributed by atoms with van der Waals surface area (Å²) in [6.07, 6.45) is 3.28. The Bertz CT molecular complexity index is 1130. The molecule has 1 aromatic heterocycles. The van der Waals surface area contributed by atoms with Crippen LogP contribution in [-0.4, -0.2) is 30.5 Å². The lowest BCUT2D eigenvalue weighted by atomic mass is 9.99. The molecular weight excluding hydrogens is 408 g/mol. The quantitative estimate of drug-likeness (QED) is 0.568. The zero-order valence-corrected chi connectivity index (χ0v) is 17.6. The Labute approximate surface area is 177 Å². The first-order valence-electron chi connectivity index (χ1n) is 9.07. The van der Waals surface area contributed by atoms with Crippen molar-refractivity contribution in [1.29, 1.82) is 0 Å². The minimum absolute atomic E-state index is 0.206. The minimum Gasteiger partial charge on any atom is -0.496 e. The highest BCUT2D eigenvalue weighted by molar-refractivity contribution is 8.14. The van der Waals surface area contributed by atoms with E-state index in [1.54, 1.807) is 31.2 Å². The largest absolute Gasteiger partial charge is 0.496 e. The molecule has 0 spiro atoms. The average Bonchev–Trinajstić information content (AvgIpc) is 3.36. The number of hydrogen-bond acceptors (Lipinski definition) is 5. The van der Waals surface area contributed by atoms with Crippen molar-refractivity contribution in [2.45, 2.75) is 6.92 Å². The Morgan fingerprint density at radius 1 is 1.31 bits per heavy atom. The van der Waals surface area contributed by atoms with Gasteiger partial charge in [-0.25, -0.2) is 0 Å². The van der Waals surface area contributed by atoms with E-state index in [2.05, 4.69) is 10.3 Å². The maximum Gasteiger partial charge on any atom is 0.250 e. The van der Waals surface area contributed by atoms with Crippen LogP contribution < -0.4 is 10.1 Å². The molecule has 5 nitrogen and oxygen atoms in total. The first-order chi connectivity index (χ1) is 14.0. The van der Waals surface area contributed by atoms with E-state index in [4.69, 9.17) is 20.8 Å². The first kappa shape index (κ1) is 19.6. The van der Waals surface area contributed by atoms with Crippen molar-refractivity contribution in [3.8, 4) is 16.9 Å². The van der Waals surface area contributed by atoms with Gasteiger partial charge in [0.25, 0.3) is 0 Å². The highest BCUT2D eigenvalue weighted by atomic mass is 35.5. The number of allylic oxidation sites excluding steroid dienone is 1. The molecule has 0 unspecified atom stereocenters. The van der Waals surface area contributed by atoms with E-state index in [-0.39, 0.29) is 5.91 Å². The van der Waals surface area contributed by atoms with E-state index in [0.29, 0.717) is 21.5 Å². The summed E-state index contributed by atoms with van der Waals surface area (Å²) < 4.78 is 11.3. The van der Waals surface area contributed by atoms with E-state index < -0.39 is 0 Å². The Morgan fingerprint density at radius 3 is 2.79 bits per heavy atom. The van der Waals surface area contributed by atoms with Gasteiger partial charge in [0.05, 0.1) is 19.9 Å². The number of fused-ring (bicyclic) bond motifs is 1. The summed E-state index contributed by atoms with van der Waals surface area (Å²) in [7, 11) is 1.60. The molecule has 2 heterocycles. The molecule has 0 radical (unpaired) electrons. The number of ether oxygens (including phenoxy) is 1. The van der Waals surface area contributed by atoms with E-state index in [1.807, 2.05) is 43.3 Å². The number of thioether (sulfide) groups is 1. The van der Waals surface area contributed by atoms with E-state index in [0.717, 1.165) is 39.9 Å². The van der Waals surface area contributed by atoms with Crippen LogP contribution in [-0.2, 0) is 4.79 Å². The van der Waals surface area contributed by atoms with Crippen molar-refractivity contribution in [3.05, 3.63) is 59.3 Å². The molecule has 1 aliphatic rings. The van der Waals surface area contributed by atoms with Crippen molar-refractivity contribution < 1.29 is 13.9 Å². The van der Waals surface area contributed by atoms with Crippen molar-refractivity contribution in [2.24, 2.45) is 4.99 Å². The number of amides is 1. The van der Waals surface area contributed by atoms with Gasteiger partial charge in [-0.1, -0.05) is 35.5 Å². The lowest BCUT2D eigenvalue weighted by Gasteiger charge is -2.10. The molecule has 0 saturated heterocycles. The number of hydrogen-bond donors (Lipinski definition) is 1. The van der Waals surface area contributed by atoms with E-state index >= 15 is 0 Å². The van der Waals surface area contributed by atoms with Crippen LogP contribution in [0.3, 0.4) is 0 Å². The predicted octanol–water partition coefficient (Wildman–Crippen LogP) is 5.38. The van der Waals surface area contributed by atoms with Gasteiger partial charge >= 0.3 is 0 Å². The van der Waals surface area contributed by atoms with Crippen LogP contribution in [0.5, 0.6) is 5.75 Å². The van der Waals surface area contributed by atoms with Crippen LogP contribution in [0.4, 0.5) is 0 Å². The van der Waals surface area contributed by atoms with Crippen molar-refractivity contribution in [1.82, 2.24) is 5.32 Å². The standard InChI is InChI=1S/C22H19ClN2O3S/c1-13(9-21(26)25-22-24-7-8-29-22)16-10-17-18(14-3-5-15(23)6-4-14)12-28-20(17)11-19(16)27-2/h3-6,9-12H,7-8H2,1-2H3,(H,24,25,26)/b13-9+. The monoisotopic (exact) mass is 426 g/mol. The van der Waals surface area contributed by atoms with Crippen LogP contribution in [0, 0.1) is 0 Å². The number of aliphatic imine (C=N–C) groups is 1. The number of methoxy groups -OCH3 is 1. The normalized spacial score (nSPS) is 14.2. The van der Waals surface area contributed by atoms with Gasteiger partial charge in [-0.15, -0.1) is 0 Å². The van der Waals surface area contributed by atoms with Crippen LogP contribution in [0.25, 0.3) is 27.7 Å². The SMILES string of the molecule is COc1cc2occ(-c3ccc(Cl)cc3)c2cc1/C(C)=C/C(=O)NC1=NCCS1. The van der Waals surface area contributed by atoms with Gasteiger partial charge < -0.3 is 14.5 Å². The molecule has 0 aliphatic carbocycles. The predicted molar refractivity (Wildman–Crippen MR) is 120 cm³/mol. The summed E-state index contributed by atoms with van der Waals surface area (Å²) in [6.45, 7) is 2.62. The van der Waals surface area contributed by atoms with Gasteiger partial charge in [0.15, 0.2) is 5.17 Å². The zero-order chi connectivity index (χ0) is 20.4. The molecular formula is C22H19ClN2O3S. The fourth-order valence-electron chi connectivity index (χ4n) is 3.21. The average molecular weight is 427 g/mol. The molecule has 148 valence electrons. The van der Waals surface area contributed by atoms with Gasteiger partial charge in [0.2, 0.25) is 5.91 Å². The molecule has 7 heteroatoms. The van der Waals surface area contributed by atoms with Crippen molar-refractivity contribution in [3.63, 3.8) is 0 Å². The third kappa shape index (κ3) is 4.18. The number of nitrogens with zero attached hydrogens (tertiary/aromatic N) is 1. The van der Waals surface area contributed by atoms with E-state index in [1.165, 1.54) is 0 Å². The number of furan rings is 1. The Kier molecular flexibility index (Phi) is 5.65. The molecule has 0 saturated carbocycles. The topological polar surface area (TPSA) is 63.8 Å². The zero-order valence-electron chi connectivity index (χ0n) is 16.0. The molecule has 0 bridgehead atoms. The molecule has 1 amide bonds. The van der Waals surface area contributed by atoms with Crippen LogP contribution in [0.15, 0.2) is 58.1 Å². The minimum atomic E-state index is -0.206. The van der Waals surface area contributed by atoms with Crippen molar-refractivity contribution >= 4 is 51.0 Å². The van der Waals surface area contributed by atoms with Gasteiger partial charge in [0, 0.05) is 39.4 Å². The number of rotatable bonds is 4. The smallest absolute Gasteiger partial charge is 0.250 e. The third-order valence-corrected chi connectivity index (χ3v) is 5.78.